The monoisotopic (exact) mass is 258 g/mol. The lowest BCUT2D eigenvalue weighted by Crippen LogP contribution is -2.37. The van der Waals surface area contributed by atoms with Gasteiger partial charge in [0.05, 0.1) is 5.69 Å². The Kier molecular flexibility index (Phi) is 2.85. The number of H-pyrrole nitrogens is 1. The van der Waals surface area contributed by atoms with E-state index in [0.717, 1.165) is 48.0 Å². The van der Waals surface area contributed by atoms with Crippen molar-refractivity contribution in [3.63, 3.8) is 0 Å². The second-order valence-corrected chi connectivity index (χ2v) is 4.84. The Balaban J connectivity index is 2.03. The van der Waals surface area contributed by atoms with Crippen LogP contribution in [-0.4, -0.2) is 33.3 Å². The number of rotatable bonds is 3. The molecule has 3 N–H and O–H groups in total. The maximum atomic E-state index is 5.82. The minimum absolute atomic E-state index is 0.305. The van der Waals surface area contributed by atoms with Crippen molar-refractivity contribution in [2.75, 3.05) is 23.7 Å². The Bertz CT molecular complexity index is 599. The van der Waals surface area contributed by atoms with Gasteiger partial charge in [0, 0.05) is 24.8 Å². The summed E-state index contributed by atoms with van der Waals surface area (Å²) in [5, 5.41) is 7.41. The molecular weight excluding hydrogens is 240 g/mol. The van der Waals surface area contributed by atoms with Crippen LogP contribution in [0, 0.1) is 6.92 Å². The highest BCUT2D eigenvalue weighted by molar-refractivity contribution is 5.65. The molecule has 0 spiro atoms. The number of aryl methyl sites for hydroxylation is 1. The number of hydrogen-bond donors (Lipinski definition) is 2. The topological polar surface area (TPSA) is 83.7 Å². The minimum atomic E-state index is 0.305. The lowest BCUT2D eigenvalue weighted by atomic mass is 10.1. The highest BCUT2D eigenvalue weighted by Gasteiger charge is 2.19. The molecule has 100 valence electrons. The van der Waals surface area contributed by atoms with Crippen molar-refractivity contribution in [3.05, 3.63) is 17.3 Å². The molecule has 0 aromatic carbocycles. The van der Waals surface area contributed by atoms with Crippen molar-refractivity contribution in [3.8, 4) is 11.4 Å². The molecule has 0 atom stereocenters. The van der Waals surface area contributed by atoms with Gasteiger partial charge in [0.25, 0.3) is 0 Å². The van der Waals surface area contributed by atoms with E-state index in [2.05, 4.69) is 38.9 Å². The van der Waals surface area contributed by atoms with Gasteiger partial charge in [0.2, 0.25) is 5.95 Å². The molecular formula is C13H18N6. The molecule has 3 rings (SSSR count). The van der Waals surface area contributed by atoms with Gasteiger partial charge in [0.1, 0.15) is 11.5 Å². The van der Waals surface area contributed by atoms with Crippen LogP contribution in [0.5, 0.6) is 0 Å². The highest BCUT2D eigenvalue weighted by Crippen LogP contribution is 2.27. The SMILES string of the molecule is CCc1[nH]nc(-c2cc(N3CCC3)nc(N)n2)c1C. The molecule has 2 aromatic heterocycles. The predicted molar refractivity (Wildman–Crippen MR) is 75.0 cm³/mol. The second-order valence-electron chi connectivity index (χ2n) is 4.84. The summed E-state index contributed by atoms with van der Waals surface area (Å²) in [5.74, 6) is 1.20. The molecule has 0 aliphatic carbocycles. The standard InChI is InChI=1S/C13H18N6/c1-3-9-8(2)12(18-17-9)10-7-11(16-13(14)15-10)19-5-4-6-19/h7H,3-6H2,1-2H3,(H,17,18)(H2,14,15,16). The van der Waals surface area contributed by atoms with E-state index in [4.69, 9.17) is 5.73 Å². The second kappa shape index (κ2) is 4.53. The molecule has 1 aliphatic heterocycles. The Morgan fingerprint density at radius 1 is 1.37 bits per heavy atom. The van der Waals surface area contributed by atoms with Crippen molar-refractivity contribution < 1.29 is 0 Å². The summed E-state index contributed by atoms with van der Waals surface area (Å²) in [7, 11) is 0. The van der Waals surface area contributed by atoms with E-state index in [1.807, 2.05) is 6.07 Å². The van der Waals surface area contributed by atoms with Gasteiger partial charge in [-0.1, -0.05) is 6.92 Å². The summed E-state index contributed by atoms with van der Waals surface area (Å²) < 4.78 is 0. The summed E-state index contributed by atoms with van der Waals surface area (Å²) in [6.07, 6.45) is 2.14. The zero-order valence-electron chi connectivity index (χ0n) is 11.3. The fourth-order valence-corrected chi connectivity index (χ4v) is 2.31. The summed E-state index contributed by atoms with van der Waals surface area (Å²) in [5.41, 5.74) is 9.75. The molecule has 2 aromatic rings. The number of nitrogen functional groups attached to an aromatic ring is 1. The molecule has 6 heteroatoms. The van der Waals surface area contributed by atoms with Gasteiger partial charge in [-0.25, -0.2) is 4.98 Å². The van der Waals surface area contributed by atoms with E-state index < -0.39 is 0 Å². The Hall–Kier alpha value is -2.11. The third-order valence-electron chi connectivity index (χ3n) is 3.62. The molecule has 0 amide bonds. The van der Waals surface area contributed by atoms with Gasteiger partial charge >= 0.3 is 0 Å². The fraction of sp³-hybridized carbons (Fsp3) is 0.462. The van der Waals surface area contributed by atoms with E-state index in [-0.39, 0.29) is 0 Å². The van der Waals surface area contributed by atoms with E-state index in [1.54, 1.807) is 0 Å². The summed E-state index contributed by atoms with van der Waals surface area (Å²) >= 11 is 0. The Morgan fingerprint density at radius 3 is 2.74 bits per heavy atom. The first-order valence-corrected chi connectivity index (χ1v) is 6.62. The number of anilines is 2. The van der Waals surface area contributed by atoms with E-state index in [9.17, 15) is 0 Å². The van der Waals surface area contributed by atoms with Crippen LogP contribution in [0.2, 0.25) is 0 Å². The minimum Gasteiger partial charge on any atom is -0.368 e. The fourth-order valence-electron chi connectivity index (χ4n) is 2.31. The first-order chi connectivity index (χ1) is 9.19. The van der Waals surface area contributed by atoms with Crippen molar-refractivity contribution in [2.45, 2.75) is 26.7 Å². The molecule has 0 radical (unpaired) electrons. The van der Waals surface area contributed by atoms with Crippen LogP contribution in [0.3, 0.4) is 0 Å². The summed E-state index contributed by atoms with van der Waals surface area (Å²) in [4.78, 5) is 10.8. The van der Waals surface area contributed by atoms with Gasteiger partial charge in [-0.05, 0) is 25.3 Å². The normalized spacial score (nSPS) is 14.5. The van der Waals surface area contributed by atoms with Crippen molar-refractivity contribution in [1.82, 2.24) is 20.2 Å². The maximum Gasteiger partial charge on any atom is 0.222 e. The first-order valence-electron chi connectivity index (χ1n) is 6.62. The lowest BCUT2D eigenvalue weighted by molar-refractivity contribution is 0.609. The van der Waals surface area contributed by atoms with Gasteiger partial charge in [0.15, 0.2) is 0 Å². The van der Waals surface area contributed by atoms with Gasteiger partial charge in [-0.2, -0.15) is 10.1 Å². The quantitative estimate of drug-likeness (QED) is 0.872. The molecule has 6 nitrogen and oxygen atoms in total. The van der Waals surface area contributed by atoms with Crippen molar-refractivity contribution >= 4 is 11.8 Å². The first kappa shape index (κ1) is 12.0. The molecule has 0 bridgehead atoms. The summed E-state index contributed by atoms with van der Waals surface area (Å²) in [6, 6.07) is 1.97. The smallest absolute Gasteiger partial charge is 0.222 e. The average molecular weight is 258 g/mol. The average Bonchev–Trinajstić information content (AvgIpc) is 2.67. The number of nitrogens with zero attached hydrogens (tertiary/aromatic N) is 4. The molecule has 0 saturated carbocycles. The van der Waals surface area contributed by atoms with Crippen LogP contribution < -0.4 is 10.6 Å². The van der Waals surface area contributed by atoms with Crippen LogP contribution in [0.25, 0.3) is 11.4 Å². The number of nitrogens with two attached hydrogens (primary N) is 1. The van der Waals surface area contributed by atoms with Gasteiger partial charge < -0.3 is 10.6 Å². The maximum absolute atomic E-state index is 5.82. The summed E-state index contributed by atoms with van der Waals surface area (Å²) in [6.45, 7) is 6.23. The van der Waals surface area contributed by atoms with Crippen LogP contribution in [0.15, 0.2) is 6.07 Å². The Morgan fingerprint density at radius 2 is 2.16 bits per heavy atom. The van der Waals surface area contributed by atoms with E-state index in [1.165, 1.54) is 6.42 Å². The third-order valence-corrected chi connectivity index (χ3v) is 3.62. The highest BCUT2D eigenvalue weighted by atomic mass is 15.2. The number of hydrogen-bond acceptors (Lipinski definition) is 5. The molecule has 1 saturated heterocycles. The van der Waals surface area contributed by atoms with Crippen LogP contribution in [0.4, 0.5) is 11.8 Å². The predicted octanol–water partition coefficient (Wildman–Crippen LogP) is 1.53. The number of aromatic amines is 1. The molecule has 19 heavy (non-hydrogen) atoms. The molecule has 1 fully saturated rings. The van der Waals surface area contributed by atoms with Crippen LogP contribution in [-0.2, 0) is 6.42 Å². The van der Waals surface area contributed by atoms with Crippen LogP contribution >= 0.6 is 0 Å². The van der Waals surface area contributed by atoms with E-state index >= 15 is 0 Å². The number of nitrogens with one attached hydrogen (secondary N) is 1. The zero-order valence-corrected chi connectivity index (χ0v) is 11.3. The Labute approximate surface area is 112 Å². The lowest BCUT2D eigenvalue weighted by Gasteiger charge is -2.32. The van der Waals surface area contributed by atoms with Crippen LogP contribution in [0.1, 0.15) is 24.6 Å². The largest absolute Gasteiger partial charge is 0.368 e. The molecule has 1 aliphatic rings. The van der Waals surface area contributed by atoms with Gasteiger partial charge in [-0.15, -0.1) is 0 Å². The molecule has 0 unspecified atom stereocenters. The number of aromatic nitrogens is 4. The van der Waals surface area contributed by atoms with Crippen molar-refractivity contribution in [1.29, 1.82) is 0 Å². The molecule has 3 heterocycles. The van der Waals surface area contributed by atoms with E-state index in [0.29, 0.717) is 5.95 Å². The third kappa shape index (κ3) is 2.03. The van der Waals surface area contributed by atoms with Crippen molar-refractivity contribution in [2.24, 2.45) is 0 Å². The zero-order chi connectivity index (χ0) is 13.4. The van der Waals surface area contributed by atoms with Gasteiger partial charge in [-0.3, -0.25) is 5.10 Å².